The van der Waals surface area contributed by atoms with Gasteiger partial charge in [-0.15, -0.1) is 0 Å². The van der Waals surface area contributed by atoms with Crippen LogP contribution in [0.3, 0.4) is 0 Å². The van der Waals surface area contributed by atoms with Gasteiger partial charge in [-0.3, -0.25) is 5.41 Å². The second-order valence-corrected chi connectivity index (χ2v) is 1.32. The van der Waals surface area contributed by atoms with Crippen molar-refractivity contribution in [2.75, 3.05) is 5.32 Å². The van der Waals surface area contributed by atoms with Gasteiger partial charge in [-0.1, -0.05) is 0 Å². The fourth-order valence-electron chi connectivity index (χ4n) is 0.420. The van der Waals surface area contributed by atoms with E-state index in [0.717, 1.165) is 0 Å². The minimum Gasteiger partial charge on any atom is -0.306 e. The molecule has 1 heterocycles. The van der Waals surface area contributed by atoms with Crippen molar-refractivity contribution in [3.05, 3.63) is 18.5 Å². The quantitative estimate of drug-likeness (QED) is 0.337. The molecule has 0 aliphatic carbocycles. The summed E-state index contributed by atoms with van der Waals surface area (Å²) in [7, 11) is 0. The first-order valence-electron chi connectivity index (χ1n) is 2.38. The highest BCUT2D eigenvalue weighted by atomic mass is 15.1. The molecule has 0 amide bonds. The van der Waals surface area contributed by atoms with Crippen LogP contribution in [0.1, 0.15) is 0 Å². The number of hydrogen-bond acceptors (Lipinski definition) is 3. The normalized spacial score (nSPS) is 8.44. The van der Waals surface area contributed by atoms with E-state index in [-0.39, 0.29) is 0 Å². The Morgan fingerprint density at radius 3 is 2.67 bits per heavy atom. The van der Waals surface area contributed by atoms with Crippen molar-refractivity contribution in [3.8, 4) is 0 Å². The SMILES string of the molecule is N=[C]Nc1ncccn1. The van der Waals surface area contributed by atoms with Gasteiger partial charge in [0.25, 0.3) is 0 Å². The third-order valence-corrected chi connectivity index (χ3v) is 0.740. The average Bonchev–Trinajstić information content (AvgIpc) is 1.91. The third kappa shape index (κ3) is 1.49. The Hall–Kier alpha value is -1.45. The summed E-state index contributed by atoms with van der Waals surface area (Å²) in [4.78, 5) is 7.53. The Balaban J connectivity index is 2.72. The molecule has 0 spiro atoms. The number of aromatic nitrogens is 2. The van der Waals surface area contributed by atoms with E-state index in [9.17, 15) is 0 Å². The van der Waals surface area contributed by atoms with E-state index < -0.39 is 0 Å². The first kappa shape index (κ1) is 5.68. The lowest BCUT2D eigenvalue weighted by Gasteiger charge is -1.91. The lowest BCUT2D eigenvalue weighted by molar-refractivity contribution is 1.18. The molecule has 1 radical (unpaired) electrons. The van der Waals surface area contributed by atoms with Crippen LogP contribution >= 0.6 is 0 Å². The Labute approximate surface area is 52.5 Å². The zero-order valence-corrected chi connectivity index (χ0v) is 4.63. The van der Waals surface area contributed by atoms with Gasteiger partial charge < -0.3 is 5.32 Å². The van der Waals surface area contributed by atoms with Crippen LogP contribution in [-0.2, 0) is 0 Å². The van der Waals surface area contributed by atoms with E-state index in [2.05, 4.69) is 15.3 Å². The molecule has 0 fully saturated rings. The van der Waals surface area contributed by atoms with Crippen LogP contribution in [0.25, 0.3) is 0 Å². The van der Waals surface area contributed by atoms with Gasteiger partial charge in [-0.2, -0.15) is 0 Å². The number of anilines is 1. The van der Waals surface area contributed by atoms with Crippen molar-refractivity contribution in [1.29, 1.82) is 5.41 Å². The van der Waals surface area contributed by atoms with Gasteiger partial charge in [0.1, 0.15) is 0 Å². The average molecular weight is 121 g/mol. The minimum absolute atomic E-state index is 0.396. The first-order chi connectivity index (χ1) is 4.43. The van der Waals surface area contributed by atoms with Crippen molar-refractivity contribution < 1.29 is 0 Å². The molecule has 2 N–H and O–H groups in total. The van der Waals surface area contributed by atoms with E-state index >= 15 is 0 Å². The standard InChI is InChI=1S/C5H5N4/c6-4-9-5-7-2-1-3-8-5/h1-3H,(H2,6,7,8,9). The van der Waals surface area contributed by atoms with E-state index in [1.54, 1.807) is 18.5 Å². The summed E-state index contributed by atoms with van der Waals surface area (Å²) in [6, 6.07) is 1.70. The Kier molecular flexibility index (Phi) is 1.74. The summed E-state index contributed by atoms with van der Waals surface area (Å²) in [5.41, 5.74) is 0. The molecule has 0 aliphatic heterocycles. The number of hydrogen-bond donors (Lipinski definition) is 2. The Morgan fingerprint density at radius 1 is 1.44 bits per heavy atom. The fraction of sp³-hybridized carbons (Fsp3) is 0. The van der Waals surface area contributed by atoms with Crippen molar-refractivity contribution in [2.45, 2.75) is 0 Å². The molecule has 0 bridgehead atoms. The maximum atomic E-state index is 6.50. The lowest BCUT2D eigenvalue weighted by Crippen LogP contribution is -1.97. The monoisotopic (exact) mass is 121 g/mol. The van der Waals surface area contributed by atoms with Crippen LogP contribution in [0.4, 0.5) is 5.95 Å². The predicted octanol–water partition coefficient (Wildman–Crippen LogP) is 0.373. The van der Waals surface area contributed by atoms with Crippen molar-refractivity contribution >= 4 is 12.3 Å². The second-order valence-electron chi connectivity index (χ2n) is 1.32. The van der Waals surface area contributed by atoms with Crippen LogP contribution in [-0.4, -0.2) is 16.3 Å². The van der Waals surface area contributed by atoms with Gasteiger partial charge in [0.2, 0.25) is 5.95 Å². The molecular formula is C5H5N4. The summed E-state index contributed by atoms with van der Waals surface area (Å²) >= 11 is 0. The van der Waals surface area contributed by atoms with Crippen LogP contribution in [0, 0.1) is 5.41 Å². The van der Waals surface area contributed by atoms with Gasteiger partial charge in [0.05, 0.1) is 0 Å². The Morgan fingerprint density at radius 2 is 2.11 bits per heavy atom. The zero-order chi connectivity index (χ0) is 6.53. The molecule has 4 heteroatoms. The highest BCUT2D eigenvalue weighted by Gasteiger charge is 1.84. The minimum atomic E-state index is 0.396. The molecule has 1 rings (SSSR count). The molecule has 1 aromatic heterocycles. The van der Waals surface area contributed by atoms with Crippen LogP contribution in [0.15, 0.2) is 18.5 Å². The zero-order valence-electron chi connectivity index (χ0n) is 4.63. The third-order valence-electron chi connectivity index (χ3n) is 0.740. The molecular weight excluding hydrogens is 116 g/mol. The predicted molar refractivity (Wildman–Crippen MR) is 33.4 cm³/mol. The molecule has 1 aromatic rings. The summed E-state index contributed by atoms with van der Waals surface area (Å²) in [6.07, 6.45) is 5.14. The molecule has 0 atom stereocenters. The molecule has 45 valence electrons. The van der Waals surface area contributed by atoms with Crippen molar-refractivity contribution in [3.63, 3.8) is 0 Å². The van der Waals surface area contributed by atoms with Crippen LogP contribution in [0.2, 0.25) is 0 Å². The van der Waals surface area contributed by atoms with Gasteiger partial charge in [0.15, 0.2) is 6.34 Å². The van der Waals surface area contributed by atoms with Crippen molar-refractivity contribution in [2.24, 2.45) is 0 Å². The van der Waals surface area contributed by atoms with E-state index in [1.165, 1.54) is 0 Å². The van der Waals surface area contributed by atoms with Gasteiger partial charge in [-0.05, 0) is 6.07 Å². The molecule has 0 aromatic carbocycles. The lowest BCUT2D eigenvalue weighted by atomic mass is 10.7. The first-order valence-corrected chi connectivity index (χ1v) is 2.38. The molecule has 0 saturated carbocycles. The van der Waals surface area contributed by atoms with Gasteiger partial charge >= 0.3 is 0 Å². The summed E-state index contributed by atoms with van der Waals surface area (Å²) in [5, 5.41) is 8.90. The fourth-order valence-corrected chi connectivity index (χ4v) is 0.420. The molecule has 0 saturated heterocycles. The number of nitrogens with zero attached hydrogens (tertiary/aromatic N) is 2. The summed E-state index contributed by atoms with van der Waals surface area (Å²) < 4.78 is 0. The molecule has 9 heavy (non-hydrogen) atoms. The summed E-state index contributed by atoms with van der Waals surface area (Å²) in [5.74, 6) is 0.396. The maximum Gasteiger partial charge on any atom is 0.228 e. The number of nitrogens with one attached hydrogen (secondary N) is 2. The Bertz CT molecular complexity index is 183. The van der Waals surface area contributed by atoms with E-state index in [4.69, 9.17) is 5.41 Å². The largest absolute Gasteiger partial charge is 0.306 e. The number of rotatable bonds is 2. The topological polar surface area (TPSA) is 61.7 Å². The molecule has 0 unspecified atom stereocenters. The van der Waals surface area contributed by atoms with Gasteiger partial charge in [-0.25, -0.2) is 9.97 Å². The molecule has 0 aliphatic rings. The van der Waals surface area contributed by atoms with Gasteiger partial charge in [0, 0.05) is 12.4 Å². The smallest absolute Gasteiger partial charge is 0.228 e. The highest BCUT2D eigenvalue weighted by molar-refractivity contribution is 5.68. The highest BCUT2D eigenvalue weighted by Crippen LogP contribution is 1.89. The van der Waals surface area contributed by atoms with E-state index in [1.807, 2.05) is 6.34 Å². The van der Waals surface area contributed by atoms with Crippen LogP contribution < -0.4 is 5.32 Å². The second kappa shape index (κ2) is 2.76. The van der Waals surface area contributed by atoms with Crippen molar-refractivity contribution in [1.82, 2.24) is 9.97 Å². The van der Waals surface area contributed by atoms with Crippen LogP contribution in [0.5, 0.6) is 0 Å². The summed E-state index contributed by atoms with van der Waals surface area (Å²) in [6.45, 7) is 0. The maximum absolute atomic E-state index is 6.50. The van der Waals surface area contributed by atoms with E-state index in [0.29, 0.717) is 5.95 Å². The molecule has 4 nitrogen and oxygen atoms in total.